The minimum absolute atomic E-state index is 0.00926. The van der Waals surface area contributed by atoms with Crippen LogP contribution in [0, 0.1) is 16.0 Å². The van der Waals surface area contributed by atoms with Crippen LogP contribution in [-0.2, 0) is 10.0 Å². The molecule has 0 aromatic heterocycles. The van der Waals surface area contributed by atoms with Gasteiger partial charge in [0.25, 0.3) is 5.69 Å². The number of sulfonamides is 1. The predicted octanol–water partition coefficient (Wildman–Crippen LogP) is 3.06. The molecule has 0 radical (unpaired) electrons. The lowest BCUT2D eigenvalue weighted by Gasteiger charge is -2.27. The summed E-state index contributed by atoms with van der Waals surface area (Å²) in [5, 5.41) is 10.8. The molecule has 1 heterocycles. The number of nitro benzene ring substituents is 1. The average molecular weight is 333 g/mol. The Morgan fingerprint density at radius 3 is 2.67 bits per heavy atom. The summed E-state index contributed by atoms with van der Waals surface area (Å²) in [4.78, 5) is 10.0. The smallest absolute Gasteiger partial charge is 0.258 e. The second-order valence-electron chi connectivity index (χ2n) is 5.44. The molecule has 1 aromatic carbocycles. The third kappa shape index (κ3) is 3.04. The van der Waals surface area contributed by atoms with Crippen LogP contribution in [0.15, 0.2) is 23.1 Å². The van der Waals surface area contributed by atoms with Crippen molar-refractivity contribution in [3.05, 3.63) is 33.3 Å². The summed E-state index contributed by atoms with van der Waals surface area (Å²) in [6.07, 6.45) is 1.58. The quantitative estimate of drug-likeness (QED) is 0.627. The predicted molar refractivity (Wildman–Crippen MR) is 79.9 cm³/mol. The van der Waals surface area contributed by atoms with E-state index in [2.05, 4.69) is 0 Å². The number of nitro groups is 1. The van der Waals surface area contributed by atoms with Gasteiger partial charge in [-0.3, -0.25) is 10.1 Å². The summed E-state index contributed by atoms with van der Waals surface area (Å²) in [7, 11) is -3.82. The second kappa shape index (κ2) is 5.90. The van der Waals surface area contributed by atoms with Gasteiger partial charge in [0.1, 0.15) is 4.90 Å². The molecule has 1 atom stereocenters. The molecule has 0 aliphatic carbocycles. The van der Waals surface area contributed by atoms with Crippen LogP contribution in [0.3, 0.4) is 0 Å². The lowest BCUT2D eigenvalue weighted by molar-refractivity contribution is -0.385. The fourth-order valence-corrected chi connectivity index (χ4v) is 4.98. The van der Waals surface area contributed by atoms with Crippen molar-refractivity contribution < 1.29 is 13.3 Å². The van der Waals surface area contributed by atoms with Crippen LogP contribution in [-0.4, -0.2) is 30.2 Å². The molecule has 1 aliphatic heterocycles. The van der Waals surface area contributed by atoms with Crippen molar-refractivity contribution >= 4 is 27.3 Å². The van der Waals surface area contributed by atoms with E-state index in [0.29, 0.717) is 6.54 Å². The zero-order valence-corrected chi connectivity index (χ0v) is 13.4. The van der Waals surface area contributed by atoms with Crippen molar-refractivity contribution in [1.82, 2.24) is 4.31 Å². The molecule has 8 heteroatoms. The molecule has 1 saturated heterocycles. The van der Waals surface area contributed by atoms with E-state index in [-0.39, 0.29) is 27.6 Å². The zero-order valence-electron chi connectivity index (χ0n) is 11.8. The maximum Gasteiger partial charge on any atom is 0.270 e. The van der Waals surface area contributed by atoms with Crippen LogP contribution >= 0.6 is 11.6 Å². The van der Waals surface area contributed by atoms with Crippen molar-refractivity contribution in [3.63, 3.8) is 0 Å². The molecule has 2 rings (SSSR count). The summed E-state index contributed by atoms with van der Waals surface area (Å²) in [5.41, 5.74) is -0.279. The van der Waals surface area contributed by atoms with Gasteiger partial charge in [0.15, 0.2) is 0 Å². The standard InChI is InChI=1S/C13H17ClN2O4S/c1-9(2)12-4-3-7-15(12)21(19,20)13-8-10(16(17)18)5-6-11(13)14/h5-6,8-9,12H,3-4,7H2,1-2H3. The zero-order chi connectivity index (χ0) is 15.8. The number of hydrogen-bond acceptors (Lipinski definition) is 4. The number of nitrogens with zero attached hydrogens (tertiary/aromatic N) is 2. The van der Waals surface area contributed by atoms with Gasteiger partial charge in [0.05, 0.1) is 9.95 Å². The Hall–Kier alpha value is -1.18. The Labute approximate surface area is 128 Å². The SMILES string of the molecule is CC(C)C1CCCN1S(=O)(=O)c1cc([N+](=O)[O-])ccc1Cl. The van der Waals surface area contributed by atoms with Crippen LogP contribution in [0.4, 0.5) is 5.69 Å². The fraction of sp³-hybridized carbons (Fsp3) is 0.538. The molecule has 0 spiro atoms. The highest BCUT2D eigenvalue weighted by atomic mass is 35.5. The van der Waals surface area contributed by atoms with Crippen molar-refractivity contribution in [2.75, 3.05) is 6.54 Å². The van der Waals surface area contributed by atoms with Crippen LogP contribution in [0.5, 0.6) is 0 Å². The second-order valence-corrected chi connectivity index (χ2v) is 7.71. The summed E-state index contributed by atoms with van der Waals surface area (Å²) >= 11 is 5.96. The van der Waals surface area contributed by atoms with Crippen LogP contribution in [0.1, 0.15) is 26.7 Å². The van der Waals surface area contributed by atoms with Crippen LogP contribution < -0.4 is 0 Å². The third-order valence-electron chi connectivity index (χ3n) is 3.73. The first kappa shape index (κ1) is 16.2. The Morgan fingerprint density at radius 1 is 1.43 bits per heavy atom. The maximum absolute atomic E-state index is 12.8. The summed E-state index contributed by atoms with van der Waals surface area (Å²) < 4.78 is 26.9. The minimum atomic E-state index is -3.82. The van der Waals surface area contributed by atoms with E-state index in [1.165, 1.54) is 16.4 Å². The van der Waals surface area contributed by atoms with Gasteiger partial charge < -0.3 is 0 Å². The van der Waals surface area contributed by atoms with Crippen molar-refractivity contribution in [3.8, 4) is 0 Å². The van der Waals surface area contributed by atoms with Crippen LogP contribution in [0.2, 0.25) is 5.02 Å². The van der Waals surface area contributed by atoms with E-state index in [9.17, 15) is 18.5 Å². The van der Waals surface area contributed by atoms with E-state index in [1.807, 2.05) is 13.8 Å². The molecule has 0 bridgehead atoms. The third-order valence-corrected chi connectivity index (χ3v) is 6.14. The molecule has 21 heavy (non-hydrogen) atoms. The van der Waals surface area contributed by atoms with E-state index in [1.54, 1.807) is 0 Å². The molecule has 116 valence electrons. The first-order chi connectivity index (χ1) is 9.75. The van der Waals surface area contributed by atoms with Gasteiger partial charge in [-0.1, -0.05) is 25.4 Å². The monoisotopic (exact) mass is 332 g/mol. The first-order valence-corrected chi connectivity index (χ1v) is 8.52. The number of hydrogen-bond donors (Lipinski definition) is 0. The van der Waals surface area contributed by atoms with Gasteiger partial charge in [-0.25, -0.2) is 8.42 Å². The lowest BCUT2D eigenvalue weighted by atomic mass is 10.0. The molecular weight excluding hydrogens is 316 g/mol. The van der Waals surface area contributed by atoms with Crippen molar-refractivity contribution in [2.45, 2.75) is 37.6 Å². The Bertz CT molecular complexity index is 660. The number of non-ortho nitro benzene ring substituents is 1. The largest absolute Gasteiger partial charge is 0.270 e. The van der Waals surface area contributed by atoms with E-state index < -0.39 is 14.9 Å². The first-order valence-electron chi connectivity index (χ1n) is 6.71. The average Bonchev–Trinajstić information content (AvgIpc) is 2.88. The molecule has 0 N–H and O–H groups in total. The van der Waals surface area contributed by atoms with Gasteiger partial charge in [0, 0.05) is 24.7 Å². The highest BCUT2D eigenvalue weighted by Gasteiger charge is 2.38. The van der Waals surface area contributed by atoms with E-state index in [0.717, 1.165) is 18.9 Å². The molecule has 6 nitrogen and oxygen atoms in total. The number of rotatable bonds is 4. The Balaban J connectivity index is 2.49. The van der Waals surface area contributed by atoms with Gasteiger partial charge in [-0.15, -0.1) is 0 Å². The molecule has 1 fully saturated rings. The molecule has 1 unspecified atom stereocenters. The summed E-state index contributed by atoms with van der Waals surface area (Å²) in [5.74, 6) is 0.180. The highest BCUT2D eigenvalue weighted by Crippen LogP contribution is 2.34. The van der Waals surface area contributed by atoms with E-state index in [4.69, 9.17) is 11.6 Å². The van der Waals surface area contributed by atoms with Gasteiger partial charge in [-0.05, 0) is 24.8 Å². The summed E-state index contributed by atoms with van der Waals surface area (Å²) in [6.45, 7) is 4.35. The highest BCUT2D eigenvalue weighted by molar-refractivity contribution is 7.89. The summed E-state index contributed by atoms with van der Waals surface area (Å²) in [6, 6.07) is 3.40. The molecular formula is C13H17ClN2O4S. The molecule has 1 aliphatic rings. The molecule has 1 aromatic rings. The minimum Gasteiger partial charge on any atom is -0.258 e. The van der Waals surface area contributed by atoms with Gasteiger partial charge >= 0.3 is 0 Å². The van der Waals surface area contributed by atoms with Crippen molar-refractivity contribution in [2.24, 2.45) is 5.92 Å². The Morgan fingerprint density at radius 2 is 2.10 bits per heavy atom. The number of halogens is 1. The molecule has 0 saturated carbocycles. The lowest BCUT2D eigenvalue weighted by Crippen LogP contribution is -2.38. The Kier molecular flexibility index (Phi) is 4.55. The maximum atomic E-state index is 12.8. The van der Waals surface area contributed by atoms with Gasteiger partial charge in [-0.2, -0.15) is 4.31 Å². The van der Waals surface area contributed by atoms with Gasteiger partial charge in [0.2, 0.25) is 10.0 Å². The van der Waals surface area contributed by atoms with Crippen LogP contribution in [0.25, 0.3) is 0 Å². The fourth-order valence-electron chi connectivity index (χ4n) is 2.66. The normalized spacial score (nSPS) is 20.1. The molecule has 0 amide bonds. The van der Waals surface area contributed by atoms with E-state index >= 15 is 0 Å². The number of benzene rings is 1. The van der Waals surface area contributed by atoms with Crippen molar-refractivity contribution in [1.29, 1.82) is 0 Å². The topological polar surface area (TPSA) is 80.5 Å².